The molecule has 0 atom stereocenters. The average molecular weight is 1410 g/mol. The van der Waals surface area contributed by atoms with Gasteiger partial charge in [-0.05, 0) is 179 Å². The highest BCUT2D eigenvalue weighted by molar-refractivity contribution is 7.26. The molecule has 0 bridgehead atoms. The van der Waals surface area contributed by atoms with E-state index >= 15 is 0 Å². The molecule has 108 heavy (non-hydrogen) atoms. The molecule has 0 radical (unpaired) electrons. The number of thiophene rings is 2. The SMILES string of the molecule is c1ccc(-c2cccc(-n3c4cc5sc6ccc7ccccc7c6c5cc4c4c5ccccc5ccc43)c2)cc1.c1ccc(-n2c3cc4oc5ccc6ccccc6c5c4cc3c3c4ccccc4ccc32)cc1.c1ccc(-n2c3cc4sc5ccc6ccccc6c5c4cc3c3c4ccccc4ccc32)cc1. The van der Waals surface area contributed by atoms with Crippen molar-refractivity contribution in [3.63, 3.8) is 0 Å². The van der Waals surface area contributed by atoms with Crippen LogP contribution in [0.3, 0.4) is 0 Å². The third-order valence-electron chi connectivity index (χ3n) is 22.6. The lowest BCUT2D eigenvalue weighted by Gasteiger charge is -2.11. The van der Waals surface area contributed by atoms with Gasteiger partial charge in [-0.2, -0.15) is 0 Å². The Kier molecular flexibility index (Phi) is 13.5. The molecule has 0 saturated carbocycles. The second kappa shape index (κ2) is 24.0. The first-order valence-corrected chi connectivity index (χ1v) is 38.6. The summed E-state index contributed by atoms with van der Waals surface area (Å²) >= 11 is 3.79. The van der Waals surface area contributed by atoms with E-state index in [0.717, 1.165) is 22.4 Å². The second-order valence-electron chi connectivity index (χ2n) is 28.5. The van der Waals surface area contributed by atoms with Crippen molar-refractivity contribution in [3.05, 3.63) is 370 Å². The van der Waals surface area contributed by atoms with Crippen molar-refractivity contribution in [2.45, 2.75) is 0 Å². The van der Waals surface area contributed by atoms with Crippen LogP contribution in [0.1, 0.15) is 0 Å². The van der Waals surface area contributed by atoms with E-state index < -0.39 is 0 Å². The van der Waals surface area contributed by atoms with Crippen LogP contribution >= 0.6 is 22.7 Å². The largest absolute Gasteiger partial charge is 0.456 e. The normalized spacial score (nSPS) is 12.1. The van der Waals surface area contributed by atoms with Gasteiger partial charge >= 0.3 is 0 Å². The van der Waals surface area contributed by atoms with Gasteiger partial charge in [-0.25, -0.2) is 0 Å². The Labute approximate surface area is 626 Å². The minimum absolute atomic E-state index is 0.920. The Morgan fingerprint density at radius 1 is 0.176 bits per heavy atom. The van der Waals surface area contributed by atoms with Gasteiger partial charge in [0.25, 0.3) is 0 Å². The van der Waals surface area contributed by atoms with E-state index in [0.29, 0.717) is 0 Å². The fourth-order valence-corrected chi connectivity index (χ4v) is 20.2. The molecule has 4 nitrogen and oxygen atoms in total. The van der Waals surface area contributed by atoms with E-state index in [9.17, 15) is 0 Å². The number of benzene rings is 19. The van der Waals surface area contributed by atoms with Gasteiger partial charge in [0, 0.05) is 107 Å². The molecule has 0 N–H and O–H groups in total. The van der Waals surface area contributed by atoms with Crippen LogP contribution in [0.15, 0.2) is 374 Å². The lowest BCUT2D eigenvalue weighted by atomic mass is 10.0. The summed E-state index contributed by atoms with van der Waals surface area (Å²) in [6.45, 7) is 0. The fraction of sp³-hybridized carbons (Fsp3) is 0. The second-order valence-corrected chi connectivity index (χ2v) is 30.7. The predicted octanol–water partition coefficient (Wildman–Crippen LogP) is 29.6. The van der Waals surface area contributed by atoms with E-state index in [-0.39, 0.29) is 0 Å². The van der Waals surface area contributed by atoms with Crippen LogP contribution in [0.4, 0.5) is 0 Å². The van der Waals surface area contributed by atoms with Gasteiger partial charge in [-0.3, -0.25) is 0 Å². The lowest BCUT2D eigenvalue weighted by Crippen LogP contribution is -1.94. The van der Waals surface area contributed by atoms with Crippen LogP contribution in [0.5, 0.6) is 0 Å². The smallest absolute Gasteiger partial charge is 0.137 e. The van der Waals surface area contributed by atoms with Crippen LogP contribution in [-0.2, 0) is 0 Å². The van der Waals surface area contributed by atoms with Crippen molar-refractivity contribution in [2.75, 3.05) is 0 Å². The third-order valence-corrected chi connectivity index (χ3v) is 24.9. The topological polar surface area (TPSA) is 27.9 Å². The number of rotatable bonds is 4. The summed E-state index contributed by atoms with van der Waals surface area (Å²) in [4.78, 5) is 0. The molecule has 6 heteroatoms. The van der Waals surface area contributed by atoms with Crippen LogP contribution in [0.2, 0.25) is 0 Å². The summed E-state index contributed by atoms with van der Waals surface area (Å²) in [6.07, 6.45) is 0. The Morgan fingerprint density at radius 3 is 0.954 bits per heavy atom. The Balaban J connectivity index is 0.0000000983. The summed E-state index contributed by atoms with van der Waals surface area (Å²) in [6, 6.07) is 134. The van der Waals surface area contributed by atoms with Gasteiger partial charge in [0.05, 0.1) is 33.1 Å². The molecule has 0 aliphatic carbocycles. The lowest BCUT2D eigenvalue weighted by molar-refractivity contribution is 0.669. The van der Waals surface area contributed by atoms with Gasteiger partial charge in [0.2, 0.25) is 0 Å². The number of hydrogen-bond acceptors (Lipinski definition) is 3. The first-order chi connectivity index (χ1) is 53.6. The quantitative estimate of drug-likeness (QED) is 0.173. The number of aromatic nitrogens is 3. The van der Waals surface area contributed by atoms with Gasteiger partial charge in [0.15, 0.2) is 0 Å². The Bertz CT molecular complexity index is 7750. The highest BCUT2D eigenvalue weighted by Crippen LogP contribution is 2.49. The highest BCUT2D eigenvalue weighted by atomic mass is 32.1. The summed E-state index contributed by atoms with van der Waals surface area (Å²) in [5, 5.41) is 31.0. The van der Waals surface area contributed by atoms with Crippen LogP contribution < -0.4 is 0 Å². The van der Waals surface area contributed by atoms with E-state index in [1.54, 1.807) is 0 Å². The van der Waals surface area contributed by atoms with Crippen molar-refractivity contribution in [1.29, 1.82) is 0 Å². The third kappa shape index (κ3) is 9.28. The molecule has 0 aliphatic rings. The molecule has 0 spiro atoms. The molecule has 6 aromatic heterocycles. The Morgan fingerprint density at radius 2 is 0.509 bits per heavy atom. The van der Waals surface area contributed by atoms with Crippen molar-refractivity contribution in [1.82, 2.24) is 13.7 Å². The number of hydrogen-bond donors (Lipinski definition) is 0. The molecule has 6 heterocycles. The Hall–Kier alpha value is -13.6. The molecule has 19 aromatic carbocycles. The van der Waals surface area contributed by atoms with Crippen molar-refractivity contribution in [3.8, 4) is 28.2 Å². The van der Waals surface area contributed by atoms with Crippen LogP contribution in [-0.4, -0.2) is 13.7 Å². The van der Waals surface area contributed by atoms with E-state index in [2.05, 4.69) is 384 Å². The zero-order valence-corrected chi connectivity index (χ0v) is 59.9. The van der Waals surface area contributed by atoms with Crippen molar-refractivity contribution >= 4 is 215 Å². The van der Waals surface area contributed by atoms with E-state index in [4.69, 9.17) is 4.42 Å². The summed E-state index contributed by atoms with van der Waals surface area (Å²) in [5.74, 6) is 0. The first-order valence-electron chi connectivity index (χ1n) is 36.9. The number of fused-ring (bicyclic) bond motifs is 30. The standard InChI is InChI=1S/C38H23NS.C32H19NO.C32H19NS/c1-2-9-24(10-3-1)27-13-8-14-28(21-27)39-33-19-17-25-11-4-6-15-29(25)37(33)31-22-32-36(23-34(31)39)40-35-20-18-26-12-5-7-16-30(26)38(32)35;2*1-2-10-22(11-3-1)33-27-16-14-20-8-4-6-12-23(20)31(27)25-18-26-30(19-28(25)33)34-29-17-15-21-9-5-7-13-24(21)32(26)29/h1-23H;2*1-19H. The number of furan rings is 1. The monoisotopic (exact) mass is 1410 g/mol. The van der Waals surface area contributed by atoms with Crippen molar-refractivity contribution < 1.29 is 4.42 Å². The minimum Gasteiger partial charge on any atom is -0.456 e. The zero-order chi connectivity index (χ0) is 70.7. The fourth-order valence-electron chi connectivity index (χ4n) is 17.9. The van der Waals surface area contributed by atoms with E-state index in [1.807, 2.05) is 22.7 Å². The number of nitrogens with zero attached hydrogens (tertiary/aromatic N) is 3. The molecule has 502 valence electrons. The first kappa shape index (κ1) is 60.8. The molecule has 25 rings (SSSR count). The van der Waals surface area contributed by atoms with Gasteiger partial charge < -0.3 is 18.1 Å². The maximum absolute atomic E-state index is 6.43. The molecule has 0 saturated heterocycles. The molecule has 0 fully saturated rings. The molecule has 0 aliphatic heterocycles. The van der Waals surface area contributed by atoms with Gasteiger partial charge in [-0.15, -0.1) is 22.7 Å². The summed E-state index contributed by atoms with van der Waals surface area (Å²) in [7, 11) is 0. The summed E-state index contributed by atoms with van der Waals surface area (Å²) < 4.78 is 19.0. The van der Waals surface area contributed by atoms with Crippen molar-refractivity contribution in [2.24, 2.45) is 0 Å². The van der Waals surface area contributed by atoms with Crippen LogP contribution in [0.25, 0.3) is 221 Å². The highest BCUT2D eigenvalue weighted by Gasteiger charge is 2.24. The molecule has 0 amide bonds. The molecular formula is C102H61N3OS2. The average Bonchev–Trinajstić information content (AvgIpc) is 1.56. The zero-order valence-electron chi connectivity index (χ0n) is 58.3. The number of para-hydroxylation sites is 2. The maximum atomic E-state index is 6.43. The van der Waals surface area contributed by atoms with Crippen LogP contribution in [0, 0.1) is 0 Å². The van der Waals surface area contributed by atoms with Gasteiger partial charge in [0.1, 0.15) is 11.2 Å². The predicted molar refractivity (Wildman–Crippen MR) is 466 cm³/mol. The summed E-state index contributed by atoms with van der Waals surface area (Å²) in [5.41, 5.74) is 15.2. The molecular weight excluding hydrogens is 1350 g/mol. The van der Waals surface area contributed by atoms with E-state index in [1.165, 1.54) is 198 Å². The maximum Gasteiger partial charge on any atom is 0.137 e. The molecule has 25 aromatic rings. The molecule has 0 unspecified atom stereocenters. The van der Waals surface area contributed by atoms with Gasteiger partial charge in [-0.1, -0.05) is 261 Å². The minimum atomic E-state index is 0.920.